The molecule has 5 heteroatoms. The van der Waals surface area contributed by atoms with Gasteiger partial charge in [0.1, 0.15) is 6.61 Å². The lowest BCUT2D eigenvalue weighted by Crippen LogP contribution is -2.48. The average Bonchev–Trinajstić information content (AvgIpc) is 3.17. The molecule has 2 aliphatic rings. The van der Waals surface area contributed by atoms with Gasteiger partial charge in [0.2, 0.25) is 5.24 Å². The zero-order valence-electron chi connectivity index (χ0n) is 17.7. The number of nitrogens with zero attached hydrogens (tertiary/aromatic N) is 1. The monoisotopic (exact) mass is 445 g/mol. The van der Waals surface area contributed by atoms with Crippen LogP contribution < -0.4 is 0 Å². The molecule has 162 valence electrons. The van der Waals surface area contributed by atoms with Crippen LogP contribution in [0.3, 0.4) is 0 Å². The number of likely N-dealkylation sites (tertiary alicyclic amines) is 1. The summed E-state index contributed by atoms with van der Waals surface area (Å²) in [6.07, 6.45) is 0.642. The Hall–Kier alpha value is -3.11. The fourth-order valence-corrected chi connectivity index (χ4v) is 5.41. The number of fused-ring (bicyclic) bond motifs is 3. The second-order valence-corrected chi connectivity index (χ2v) is 8.86. The van der Waals surface area contributed by atoms with Crippen LogP contribution in [0.5, 0.6) is 0 Å². The van der Waals surface area contributed by atoms with Crippen molar-refractivity contribution in [3.8, 4) is 11.1 Å². The van der Waals surface area contributed by atoms with Gasteiger partial charge >= 0.3 is 6.09 Å². The quantitative estimate of drug-likeness (QED) is 0.481. The molecule has 1 aliphatic heterocycles. The van der Waals surface area contributed by atoms with Crippen LogP contribution in [0.4, 0.5) is 4.79 Å². The molecule has 0 saturated carbocycles. The lowest BCUT2D eigenvalue weighted by atomic mass is 9.74. The first-order valence-electron chi connectivity index (χ1n) is 11.0. The van der Waals surface area contributed by atoms with E-state index in [2.05, 4.69) is 24.3 Å². The largest absolute Gasteiger partial charge is 0.448 e. The van der Waals surface area contributed by atoms with Gasteiger partial charge in [-0.05, 0) is 52.3 Å². The topological polar surface area (TPSA) is 46.6 Å². The molecule has 4 nitrogen and oxygen atoms in total. The van der Waals surface area contributed by atoms with E-state index in [0.29, 0.717) is 32.5 Å². The van der Waals surface area contributed by atoms with Crippen molar-refractivity contribution >= 4 is 22.9 Å². The Morgan fingerprint density at radius 1 is 0.844 bits per heavy atom. The summed E-state index contributed by atoms with van der Waals surface area (Å²) in [5, 5.41) is -0.365. The van der Waals surface area contributed by atoms with Crippen molar-refractivity contribution in [2.75, 3.05) is 19.7 Å². The van der Waals surface area contributed by atoms with Gasteiger partial charge in [-0.2, -0.15) is 0 Å². The van der Waals surface area contributed by atoms with Crippen molar-refractivity contribution in [3.05, 3.63) is 95.6 Å². The first-order chi connectivity index (χ1) is 15.6. The Bertz CT molecular complexity index is 1110. The molecule has 0 atom stereocenters. The average molecular weight is 446 g/mol. The van der Waals surface area contributed by atoms with Crippen LogP contribution in [0.1, 0.15) is 35.4 Å². The minimum Gasteiger partial charge on any atom is -0.448 e. The summed E-state index contributed by atoms with van der Waals surface area (Å²) < 4.78 is 5.78. The van der Waals surface area contributed by atoms with E-state index in [1.165, 1.54) is 22.3 Å². The van der Waals surface area contributed by atoms with E-state index in [9.17, 15) is 9.59 Å². The zero-order valence-corrected chi connectivity index (χ0v) is 18.4. The van der Waals surface area contributed by atoms with Gasteiger partial charge in [0.25, 0.3) is 0 Å². The van der Waals surface area contributed by atoms with Crippen molar-refractivity contribution < 1.29 is 14.3 Å². The highest BCUT2D eigenvalue weighted by molar-refractivity contribution is 6.65. The molecule has 1 saturated heterocycles. The van der Waals surface area contributed by atoms with Gasteiger partial charge in [-0.3, -0.25) is 4.79 Å². The maximum Gasteiger partial charge on any atom is 0.409 e. The van der Waals surface area contributed by atoms with Gasteiger partial charge in [-0.25, -0.2) is 4.79 Å². The molecular weight excluding hydrogens is 422 g/mol. The van der Waals surface area contributed by atoms with E-state index in [1.807, 2.05) is 54.6 Å². The van der Waals surface area contributed by atoms with E-state index in [0.717, 1.165) is 5.56 Å². The SMILES string of the molecule is O=C(OCC1c2ccccc2-c2ccccc21)N1CCC(C(=O)Cl)(c2ccccc2)CC1. The summed E-state index contributed by atoms with van der Waals surface area (Å²) in [6, 6.07) is 26.2. The third-order valence-corrected chi connectivity index (χ3v) is 7.28. The molecule has 0 spiro atoms. The van der Waals surface area contributed by atoms with Crippen molar-refractivity contribution in [1.82, 2.24) is 4.90 Å². The molecule has 1 fully saturated rings. The molecule has 0 bridgehead atoms. The maximum absolute atomic E-state index is 12.9. The predicted octanol–water partition coefficient (Wildman–Crippen LogP) is 5.73. The number of carbonyl (C=O) groups is 2. The molecule has 0 radical (unpaired) electrons. The second-order valence-electron chi connectivity index (χ2n) is 8.51. The molecule has 0 N–H and O–H groups in total. The molecule has 1 amide bonds. The Kier molecular flexibility index (Phi) is 5.48. The second kappa shape index (κ2) is 8.44. The van der Waals surface area contributed by atoms with E-state index in [4.69, 9.17) is 16.3 Å². The normalized spacial score (nSPS) is 16.8. The molecule has 1 aliphatic carbocycles. The van der Waals surface area contributed by atoms with Gasteiger partial charge in [-0.1, -0.05) is 78.9 Å². The standard InChI is InChI=1S/C27H24ClNO3/c28-25(30)27(19-8-2-1-3-9-19)14-16-29(17-15-27)26(31)32-18-24-22-12-6-4-10-20(22)21-11-5-7-13-23(21)24/h1-13,24H,14-18H2. The van der Waals surface area contributed by atoms with E-state index < -0.39 is 5.41 Å². The number of ether oxygens (including phenoxy) is 1. The maximum atomic E-state index is 12.9. The lowest BCUT2D eigenvalue weighted by Gasteiger charge is -2.39. The number of amides is 1. The smallest absolute Gasteiger partial charge is 0.409 e. The Balaban J connectivity index is 1.27. The van der Waals surface area contributed by atoms with Crippen molar-refractivity contribution in [2.24, 2.45) is 0 Å². The predicted molar refractivity (Wildman–Crippen MR) is 125 cm³/mol. The molecule has 3 aromatic rings. The Morgan fingerprint density at radius 2 is 1.38 bits per heavy atom. The van der Waals surface area contributed by atoms with Gasteiger partial charge in [0, 0.05) is 19.0 Å². The number of hydrogen-bond donors (Lipinski definition) is 0. The fourth-order valence-electron chi connectivity index (χ4n) is 5.11. The van der Waals surface area contributed by atoms with Crippen LogP contribution in [0.2, 0.25) is 0 Å². The van der Waals surface area contributed by atoms with Crippen molar-refractivity contribution in [3.63, 3.8) is 0 Å². The third-order valence-electron chi connectivity index (χ3n) is 6.91. The molecule has 1 heterocycles. The number of piperidine rings is 1. The van der Waals surface area contributed by atoms with Crippen LogP contribution >= 0.6 is 11.6 Å². The first kappa shape index (κ1) is 20.8. The highest BCUT2D eigenvalue weighted by atomic mass is 35.5. The lowest BCUT2D eigenvalue weighted by molar-refractivity contribution is -0.118. The summed E-state index contributed by atoms with van der Waals surface area (Å²) in [5.74, 6) is 0.0315. The molecule has 5 rings (SSSR count). The van der Waals surface area contributed by atoms with Crippen LogP contribution in [0, 0.1) is 0 Å². The Morgan fingerprint density at radius 3 is 1.94 bits per heavy atom. The summed E-state index contributed by atoms with van der Waals surface area (Å²) in [7, 11) is 0. The summed E-state index contributed by atoms with van der Waals surface area (Å²) in [4.78, 5) is 26.9. The van der Waals surface area contributed by atoms with E-state index in [-0.39, 0.29) is 17.3 Å². The molecule has 3 aromatic carbocycles. The van der Waals surface area contributed by atoms with Crippen LogP contribution in [-0.4, -0.2) is 35.9 Å². The highest BCUT2D eigenvalue weighted by Gasteiger charge is 2.43. The molecular formula is C27H24ClNO3. The van der Waals surface area contributed by atoms with Crippen LogP contribution in [0.15, 0.2) is 78.9 Å². The fraction of sp³-hybridized carbons (Fsp3) is 0.259. The first-order valence-corrected chi connectivity index (χ1v) is 11.3. The van der Waals surface area contributed by atoms with Crippen molar-refractivity contribution in [2.45, 2.75) is 24.2 Å². The summed E-state index contributed by atoms with van der Waals surface area (Å²) in [5.41, 5.74) is 4.95. The highest BCUT2D eigenvalue weighted by Crippen LogP contribution is 2.44. The van der Waals surface area contributed by atoms with Gasteiger partial charge in [0.05, 0.1) is 5.41 Å². The number of hydrogen-bond acceptors (Lipinski definition) is 3. The zero-order chi connectivity index (χ0) is 22.1. The van der Waals surface area contributed by atoms with Crippen LogP contribution in [0.25, 0.3) is 11.1 Å². The van der Waals surface area contributed by atoms with E-state index >= 15 is 0 Å². The van der Waals surface area contributed by atoms with E-state index in [1.54, 1.807) is 4.90 Å². The number of halogens is 1. The molecule has 32 heavy (non-hydrogen) atoms. The molecule has 0 aromatic heterocycles. The third kappa shape index (κ3) is 3.49. The van der Waals surface area contributed by atoms with Gasteiger partial charge < -0.3 is 9.64 Å². The van der Waals surface area contributed by atoms with Crippen molar-refractivity contribution in [1.29, 1.82) is 0 Å². The number of rotatable bonds is 4. The summed E-state index contributed by atoms with van der Waals surface area (Å²) in [6.45, 7) is 1.16. The number of benzene rings is 3. The number of carbonyl (C=O) groups excluding carboxylic acids is 2. The van der Waals surface area contributed by atoms with Gasteiger partial charge in [0.15, 0.2) is 0 Å². The van der Waals surface area contributed by atoms with Crippen LogP contribution in [-0.2, 0) is 14.9 Å². The Labute approximate surface area is 192 Å². The summed E-state index contributed by atoms with van der Waals surface area (Å²) >= 11 is 6.04. The molecule has 0 unspecified atom stereocenters. The minimum absolute atomic E-state index is 0.0315. The minimum atomic E-state index is -0.747. The van der Waals surface area contributed by atoms with Gasteiger partial charge in [-0.15, -0.1) is 0 Å².